The van der Waals surface area contributed by atoms with Crippen LogP contribution in [0.2, 0.25) is 5.02 Å². The van der Waals surface area contributed by atoms with E-state index in [9.17, 15) is 4.39 Å². The minimum Gasteiger partial charge on any atom is -0.480 e. The number of anilines is 1. The van der Waals surface area contributed by atoms with Crippen molar-refractivity contribution in [3.8, 4) is 5.75 Å². The Morgan fingerprint density at radius 1 is 1.17 bits per heavy atom. The van der Waals surface area contributed by atoms with E-state index in [-0.39, 0.29) is 5.82 Å². The zero-order chi connectivity index (χ0) is 20.2. The number of hydrogen-bond acceptors (Lipinski definition) is 6. The molecule has 0 spiro atoms. The fraction of sp³-hybridized carbons (Fsp3) is 0.0952. The third-order valence-corrected chi connectivity index (χ3v) is 6.28. The number of halogens is 2. The second kappa shape index (κ2) is 6.65. The number of hydrogen-bond donors (Lipinski definition) is 1. The summed E-state index contributed by atoms with van der Waals surface area (Å²) < 4.78 is 23.0. The number of nitrogens with one attached hydrogen (secondary N) is 1. The van der Waals surface area contributed by atoms with Crippen LogP contribution in [0.1, 0.15) is 28.8 Å². The average molecular weight is 438 g/mol. The molecule has 1 N–H and O–H groups in total. The largest absolute Gasteiger partial charge is 0.480 e. The molecule has 4 aromatic rings. The van der Waals surface area contributed by atoms with Crippen molar-refractivity contribution in [3.05, 3.63) is 92.4 Å². The summed E-state index contributed by atoms with van der Waals surface area (Å²) in [6.45, 7) is 0. The molecular formula is C21H13ClFN5OS. The summed E-state index contributed by atoms with van der Waals surface area (Å²) >= 11 is 7.87. The van der Waals surface area contributed by atoms with E-state index in [2.05, 4.69) is 20.8 Å². The van der Waals surface area contributed by atoms with E-state index in [4.69, 9.17) is 16.3 Å². The first-order valence-corrected chi connectivity index (χ1v) is 10.5. The molecule has 0 amide bonds. The molecule has 2 aliphatic rings. The van der Waals surface area contributed by atoms with E-state index in [1.807, 2.05) is 29.0 Å². The minimum atomic E-state index is -0.579. The van der Waals surface area contributed by atoms with Gasteiger partial charge in [-0.25, -0.2) is 4.39 Å². The lowest BCUT2D eigenvalue weighted by atomic mass is 9.85. The number of thiophene rings is 1. The van der Waals surface area contributed by atoms with E-state index in [1.165, 1.54) is 6.07 Å². The zero-order valence-corrected chi connectivity index (χ0v) is 16.9. The van der Waals surface area contributed by atoms with Gasteiger partial charge in [0.2, 0.25) is 5.95 Å². The van der Waals surface area contributed by atoms with Gasteiger partial charge < -0.3 is 10.1 Å². The van der Waals surface area contributed by atoms with Crippen molar-refractivity contribution in [2.45, 2.75) is 12.1 Å². The first kappa shape index (κ1) is 17.6. The highest BCUT2D eigenvalue weighted by Gasteiger charge is 2.42. The van der Waals surface area contributed by atoms with Gasteiger partial charge in [-0.15, -0.1) is 0 Å². The van der Waals surface area contributed by atoms with Crippen LogP contribution in [0.3, 0.4) is 0 Å². The first-order valence-electron chi connectivity index (χ1n) is 9.23. The highest BCUT2D eigenvalue weighted by Crippen LogP contribution is 2.51. The van der Waals surface area contributed by atoms with Crippen LogP contribution in [0.4, 0.5) is 10.3 Å². The molecule has 148 valence electrons. The molecule has 30 heavy (non-hydrogen) atoms. The quantitative estimate of drug-likeness (QED) is 0.473. The minimum absolute atomic E-state index is 0.335. The van der Waals surface area contributed by atoms with Crippen LogP contribution in [-0.4, -0.2) is 20.2 Å². The third-order valence-electron chi connectivity index (χ3n) is 5.34. The number of ether oxygens (including phenoxy) is 1. The van der Waals surface area contributed by atoms with E-state index in [0.717, 1.165) is 22.4 Å². The Morgan fingerprint density at radius 2 is 2.07 bits per heavy atom. The van der Waals surface area contributed by atoms with Crippen molar-refractivity contribution >= 4 is 34.6 Å². The molecule has 6 nitrogen and oxygen atoms in total. The lowest BCUT2D eigenvalue weighted by Crippen LogP contribution is -2.32. The van der Waals surface area contributed by atoms with Crippen molar-refractivity contribution in [3.63, 3.8) is 0 Å². The van der Waals surface area contributed by atoms with Crippen molar-refractivity contribution in [2.24, 2.45) is 0 Å². The van der Waals surface area contributed by atoms with Gasteiger partial charge in [-0.1, -0.05) is 34.9 Å². The highest BCUT2D eigenvalue weighted by atomic mass is 35.5. The maximum atomic E-state index is 15.0. The topological polar surface area (TPSA) is 64.9 Å². The van der Waals surface area contributed by atoms with Gasteiger partial charge in [0.05, 0.1) is 5.70 Å². The third kappa shape index (κ3) is 2.57. The summed E-state index contributed by atoms with van der Waals surface area (Å²) in [5.41, 5.74) is 3.85. The molecule has 0 unspecified atom stereocenters. The SMILES string of the molecule is Fc1ccccc1[C@H]1C2=C(Nc3nnnn31)c1cc(Cl)ccc1O[C@H]2c1ccsc1. The standard InChI is InChI=1S/C21H13ClFN5OS/c22-12-5-6-16-14(9-12)18-17(20(29-16)11-7-8-30-10-11)19(13-3-1-2-4-15(13)23)28-21(24-18)25-26-27-28/h1-10,19-20H,(H,24,25,27)/t19-,20-/m0/s1. The molecule has 2 aromatic heterocycles. The molecular weight excluding hydrogens is 425 g/mol. The van der Waals surface area contributed by atoms with E-state index in [1.54, 1.807) is 40.3 Å². The molecule has 0 bridgehead atoms. The van der Waals surface area contributed by atoms with Crippen molar-refractivity contribution in [2.75, 3.05) is 5.32 Å². The van der Waals surface area contributed by atoms with Crippen molar-refractivity contribution < 1.29 is 9.13 Å². The Morgan fingerprint density at radius 3 is 2.90 bits per heavy atom. The Kier molecular flexibility index (Phi) is 3.90. The Labute approximate surface area is 179 Å². The predicted molar refractivity (Wildman–Crippen MR) is 112 cm³/mol. The van der Waals surface area contributed by atoms with Crippen LogP contribution in [-0.2, 0) is 0 Å². The molecule has 0 aliphatic carbocycles. The van der Waals surface area contributed by atoms with Crippen molar-refractivity contribution in [1.82, 2.24) is 20.2 Å². The summed E-state index contributed by atoms with van der Waals surface area (Å²) in [5, 5.41) is 20.0. The predicted octanol–water partition coefficient (Wildman–Crippen LogP) is 5.09. The lowest BCUT2D eigenvalue weighted by molar-refractivity contribution is 0.222. The maximum Gasteiger partial charge on any atom is 0.248 e. The van der Waals surface area contributed by atoms with E-state index >= 15 is 0 Å². The smallest absolute Gasteiger partial charge is 0.248 e. The fourth-order valence-electron chi connectivity index (χ4n) is 4.06. The molecule has 2 aliphatic heterocycles. The Bertz CT molecular complexity index is 1300. The number of aromatic nitrogens is 4. The molecule has 2 atom stereocenters. The number of benzene rings is 2. The monoisotopic (exact) mass is 437 g/mol. The van der Waals surface area contributed by atoms with Gasteiger partial charge in [0.15, 0.2) is 6.10 Å². The molecule has 0 saturated heterocycles. The van der Waals surface area contributed by atoms with Crippen LogP contribution in [0.5, 0.6) is 5.75 Å². The number of nitrogens with zero attached hydrogens (tertiary/aromatic N) is 4. The summed E-state index contributed by atoms with van der Waals surface area (Å²) in [5.74, 6) is 0.785. The summed E-state index contributed by atoms with van der Waals surface area (Å²) in [7, 11) is 0. The van der Waals surface area contributed by atoms with E-state index in [0.29, 0.717) is 22.3 Å². The highest BCUT2D eigenvalue weighted by molar-refractivity contribution is 7.08. The molecule has 0 saturated carbocycles. The van der Waals surface area contributed by atoms with Crippen LogP contribution in [0, 0.1) is 5.82 Å². The van der Waals surface area contributed by atoms with Crippen molar-refractivity contribution in [1.29, 1.82) is 0 Å². The molecule has 6 rings (SSSR count). The zero-order valence-electron chi connectivity index (χ0n) is 15.3. The van der Waals surface area contributed by atoms with Gasteiger partial charge in [0, 0.05) is 27.3 Å². The first-order chi connectivity index (χ1) is 14.7. The fourth-order valence-corrected chi connectivity index (χ4v) is 4.90. The molecule has 9 heteroatoms. The second-order valence-electron chi connectivity index (χ2n) is 7.02. The van der Waals surface area contributed by atoms with Crippen LogP contribution >= 0.6 is 22.9 Å². The number of tetrazole rings is 1. The number of fused-ring (bicyclic) bond motifs is 3. The van der Waals surface area contributed by atoms with Gasteiger partial charge in [0.25, 0.3) is 0 Å². The van der Waals surface area contributed by atoms with Crippen LogP contribution in [0.15, 0.2) is 64.9 Å². The molecule has 2 aromatic carbocycles. The summed E-state index contributed by atoms with van der Waals surface area (Å²) in [6.07, 6.45) is -0.436. The van der Waals surface area contributed by atoms with Gasteiger partial charge in [0.1, 0.15) is 17.6 Å². The second-order valence-corrected chi connectivity index (χ2v) is 8.24. The van der Waals surface area contributed by atoms with Gasteiger partial charge in [-0.2, -0.15) is 16.0 Å². The summed E-state index contributed by atoms with van der Waals surface area (Å²) in [6, 6.07) is 13.6. The Balaban J connectivity index is 1.67. The van der Waals surface area contributed by atoms with Gasteiger partial charge in [-0.3, -0.25) is 0 Å². The average Bonchev–Trinajstić information content (AvgIpc) is 3.44. The van der Waals surface area contributed by atoms with Crippen LogP contribution < -0.4 is 10.1 Å². The Hall–Kier alpha value is -3.23. The molecule has 0 radical (unpaired) electrons. The van der Waals surface area contributed by atoms with E-state index < -0.39 is 12.1 Å². The molecule has 4 heterocycles. The van der Waals surface area contributed by atoms with Gasteiger partial charge in [-0.05, 0) is 51.5 Å². The molecule has 0 fully saturated rings. The van der Waals surface area contributed by atoms with Gasteiger partial charge >= 0.3 is 0 Å². The normalized spacial score (nSPS) is 19.4. The number of rotatable bonds is 2. The lowest BCUT2D eigenvalue weighted by Gasteiger charge is -2.38. The van der Waals surface area contributed by atoms with Crippen LogP contribution in [0.25, 0.3) is 5.70 Å². The maximum absolute atomic E-state index is 15.0. The summed E-state index contributed by atoms with van der Waals surface area (Å²) in [4.78, 5) is 0.